The van der Waals surface area contributed by atoms with Crippen LogP contribution in [0.25, 0.3) is 0 Å². The van der Waals surface area contributed by atoms with Gasteiger partial charge in [0.15, 0.2) is 0 Å². The zero-order valence-electron chi connectivity index (χ0n) is 10.3. The van der Waals surface area contributed by atoms with Crippen LogP contribution in [-0.2, 0) is 17.8 Å². The molecule has 1 atom stereocenters. The number of carbonyl (C=O) groups is 1. The average Bonchev–Trinajstić information content (AvgIpc) is 2.27. The highest BCUT2D eigenvalue weighted by molar-refractivity contribution is 5.67. The number of carboxylic acids is 1. The van der Waals surface area contributed by atoms with E-state index in [9.17, 15) is 4.79 Å². The molecule has 1 aromatic rings. The normalized spacial score (nSPS) is 17.5. The fraction of sp³-hybridized carbons (Fsp3) is 0.538. The molecule has 2 rings (SSSR count). The molecule has 92 valence electrons. The Bertz CT molecular complexity index is 431. The van der Waals surface area contributed by atoms with Gasteiger partial charge in [-0.05, 0) is 24.1 Å². The molecule has 0 spiro atoms. The number of nitrogens with zero attached hydrogens (tertiary/aromatic N) is 2. The van der Waals surface area contributed by atoms with Gasteiger partial charge in [-0.25, -0.2) is 0 Å². The molecule has 0 aliphatic carbocycles. The van der Waals surface area contributed by atoms with E-state index in [2.05, 4.69) is 23.0 Å². The van der Waals surface area contributed by atoms with Crippen LogP contribution < -0.4 is 0 Å². The molecule has 0 amide bonds. The average molecular weight is 234 g/mol. The van der Waals surface area contributed by atoms with Crippen molar-refractivity contribution in [2.75, 3.05) is 13.6 Å². The van der Waals surface area contributed by atoms with Crippen LogP contribution in [0.5, 0.6) is 0 Å². The monoisotopic (exact) mass is 234 g/mol. The Morgan fingerprint density at radius 3 is 3.12 bits per heavy atom. The van der Waals surface area contributed by atoms with Crippen LogP contribution in [0.1, 0.15) is 36.1 Å². The van der Waals surface area contributed by atoms with E-state index in [4.69, 9.17) is 5.11 Å². The first-order chi connectivity index (χ1) is 8.06. The second kappa shape index (κ2) is 4.84. The molecule has 1 aliphatic rings. The van der Waals surface area contributed by atoms with Crippen molar-refractivity contribution in [3.8, 4) is 0 Å². The van der Waals surface area contributed by atoms with E-state index in [0.717, 1.165) is 30.8 Å². The van der Waals surface area contributed by atoms with Crippen LogP contribution in [0.4, 0.5) is 0 Å². The van der Waals surface area contributed by atoms with Gasteiger partial charge in [-0.15, -0.1) is 0 Å². The minimum Gasteiger partial charge on any atom is -0.481 e. The topological polar surface area (TPSA) is 53.4 Å². The smallest absolute Gasteiger partial charge is 0.303 e. The predicted octanol–water partition coefficient (Wildman–Crippen LogP) is 1.65. The molecule has 17 heavy (non-hydrogen) atoms. The zero-order chi connectivity index (χ0) is 12.4. The minimum absolute atomic E-state index is 0.0255. The van der Waals surface area contributed by atoms with E-state index in [1.165, 1.54) is 5.56 Å². The van der Waals surface area contributed by atoms with E-state index in [1.54, 1.807) is 0 Å². The summed E-state index contributed by atoms with van der Waals surface area (Å²) in [5.41, 5.74) is 3.43. The predicted molar refractivity (Wildman–Crippen MR) is 64.9 cm³/mol. The third kappa shape index (κ3) is 2.82. The van der Waals surface area contributed by atoms with Crippen LogP contribution in [0.3, 0.4) is 0 Å². The third-order valence-corrected chi connectivity index (χ3v) is 3.30. The van der Waals surface area contributed by atoms with Crippen LogP contribution >= 0.6 is 0 Å². The lowest BCUT2D eigenvalue weighted by molar-refractivity contribution is -0.137. The fourth-order valence-corrected chi connectivity index (χ4v) is 2.24. The maximum Gasteiger partial charge on any atom is 0.303 e. The largest absolute Gasteiger partial charge is 0.481 e. The van der Waals surface area contributed by atoms with Crippen molar-refractivity contribution in [3.63, 3.8) is 0 Å². The van der Waals surface area contributed by atoms with E-state index < -0.39 is 5.97 Å². The van der Waals surface area contributed by atoms with E-state index >= 15 is 0 Å². The highest BCUT2D eigenvalue weighted by atomic mass is 16.4. The Morgan fingerprint density at radius 1 is 1.65 bits per heavy atom. The number of pyridine rings is 1. The molecule has 0 radical (unpaired) electrons. The Labute approximate surface area is 101 Å². The summed E-state index contributed by atoms with van der Waals surface area (Å²) in [5, 5.41) is 8.80. The number of aliphatic carboxylic acids is 1. The number of aromatic nitrogens is 1. The molecule has 0 saturated heterocycles. The molecule has 0 fully saturated rings. The SMILES string of the molecule is CC(CC(=O)O)c1cnc2c(c1)CN(C)CC2. The van der Waals surface area contributed by atoms with Gasteiger partial charge < -0.3 is 10.0 Å². The van der Waals surface area contributed by atoms with Gasteiger partial charge in [0, 0.05) is 31.4 Å². The molecular weight excluding hydrogens is 216 g/mol. The molecule has 1 N–H and O–H groups in total. The number of hydrogen-bond acceptors (Lipinski definition) is 3. The summed E-state index contributed by atoms with van der Waals surface area (Å²) >= 11 is 0. The third-order valence-electron chi connectivity index (χ3n) is 3.30. The fourth-order valence-electron chi connectivity index (χ4n) is 2.24. The minimum atomic E-state index is -0.757. The van der Waals surface area contributed by atoms with E-state index in [-0.39, 0.29) is 12.3 Å². The van der Waals surface area contributed by atoms with Gasteiger partial charge in [-0.1, -0.05) is 13.0 Å². The Kier molecular flexibility index (Phi) is 3.43. The highest BCUT2D eigenvalue weighted by Crippen LogP contribution is 2.23. The first-order valence-corrected chi connectivity index (χ1v) is 5.94. The highest BCUT2D eigenvalue weighted by Gasteiger charge is 2.17. The number of fused-ring (bicyclic) bond motifs is 1. The van der Waals surface area contributed by atoms with Gasteiger partial charge >= 0.3 is 5.97 Å². The van der Waals surface area contributed by atoms with Gasteiger partial charge in [0.25, 0.3) is 0 Å². The summed E-state index contributed by atoms with van der Waals surface area (Å²) in [7, 11) is 2.09. The van der Waals surface area contributed by atoms with E-state index in [1.807, 2.05) is 13.1 Å². The zero-order valence-corrected chi connectivity index (χ0v) is 10.3. The molecule has 1 unspecified atom stereocenters. The van der Waals surface area contributed by atoms with Crippen LogP contribution in [-0.4, -0.2) is 34.6 Å². The summed E-state index contributed by atoms with van der Waals surface area (Å²) in [6.45, 7) is 3.89. The lowest BCUT2D eigenvalue weighted by Crippen LogP contribution is -2.27. The van der Waals surface area contributed by atoms with Crippen molar-refractivity contribution < 1.29 is 9.90 Å². The summed E-state index contributed by atoms with van der Waals surface area (Å²) in [6, 6.07) is 2.12. The molecule has 4 heteroatoms. The molecule has 1 aliphatic heterocycles. The van der Waals surface area contributed by atoms with Crippen molar-refractivity contribution in [2.24, 2.45) is 0 Å². The summed E-state index contributed by atoms with van der Waals surface area (Å²) in [6.07, 6.45) is 2.98. The summed E-state index contributed by atoms with van der Waals surface area (Å²) < 4.78 is 0. The van der Waals surface area contributed by atoms with Gasteiger partial charge in [0.1, 0.15) is 0 Å². The molecule has 0 aromatic carbocycles. The Balaban J connectivity index is 2.20. The lowest BCUT2D eigenvalue weighted by atomic mass is 9.95. The molecule has 0 saturated carbocycles. The van der Waals surface area contributed by atoms with Crippen molar-refractivity contribution in [1.82, 2.24) is 9.88 Å². The van der Waals surface area contributed by atoms with Crippen molar-refractivity contribution in [3.05, 3.63) is 29.1 Å². The quantitative estimate of drug-likeness (QED) is 0.864. The van der Waals surface area contributed by atoms with Gasteiger partial charge in [0.2, 0.25) is 0 Å². The first-order valence-electron chi connectivity index (χ1n) is 5.94. The van der Waals surface area contributed by atoms with Crippen molar-refractivity contribution in [2.45, 2.75) is 32.2 Å². The van der Waals surface area contributed by atoms with Crippen molar-refractivity contribution >= 4 is 5.97 Å². The molecule has 4 nitrogen and oxygen atoms in total. The second-order valence-corrected chi connectivity index (χ2v) is 4.86. The summed E-state index contributed by atoms with van der Waals surface area (Å²) in [5.74, 6) is -0.732. The Hall–Kier alpha value is -1.42. The maximum atomic E-state index is 10.7. The van der Waals surface area contributed by atoms with Crippen LogP contribution in [0.15, 0.2) is 12.3 Å². The second-order valence-electron chi connectivity index (χ2n) is 4.86. The maximum absolute atomic E-state index is 10.7. The lowest BCUT2D eigenvalue weighted by Gasteiger charge is -2.25. The number of hydrogen-bond donors (Lipinski definition) is 1. The number of rotatable bonds is 3. The first kappa shape index (κ1) is 12.0. The molecular formula is C13H18N2O2. The van der Waals surface area contributed by atoms with Gasteiger partial charge in [-0.2, -0.15) is 0 Å². The summed E-state index contributed by atoms with van der Waals surface area (Å²) in [4.78, 5) is 17.4. The van der Waals surface area contributed by atoms with E-state index in [0.29, 0.717) is 0 Å². The van der Waals surface area contributed by atoms with Gasteiger partial charge in [0.05, 0.1) is 6.42 Å². The van der Waals surface area contributed by atoms with Crippen molar-refractivity contribution in [1.29, 1.82) is 0 Å². The number of likely N-dealkylation sites (N-methyl/N-ethyl adjacent to an activating group) is 1. The number of carboxylic acid groups (broad SMARTS) is 1. The molecule has 1 aromatic heterocycles. The van der Waals surface area contributed by atoms with Crippen LogP contribution in [0.2, 0.25) is 0 Å². The van der Waals surface area contributed by atoms with Crippen LogP contribution in [0, 0.1) is 0 Å². The standard InChI is InChI=1S/C13H18N2O2/c1-9(5-13(16)17)10-6-11-8-15(2)4-3-12(11)14-7-10/h6-7,9H,3-5,8H2,1-2H3,(H,16,17). The molecule has 0 bridgehead atoms. The van der Waals surface area contributed by atoms with Gasteiger partial charge in [-0.3, -0.25) is 9.78 Å². The Morgan fingerprint density at radius 2 is 2.41 bits per heavy atom. The molecule has 2 heterocycles.